The first-order valence-electron chi connectivity index (χ1n) is 4.31. The Morgan fingerprint density at radius 2 is 2.20 bits per heavy atom. The molecular weight excluding hydrogens is 196 g/mol. The molecule has 2 aromatic rings. The van der Waals surface area contributed by atoms with Crippen molar-refractivity contribution in [1.82, 2.24) is 9.97 Å². The molecule has 5 nitrogen and oxygen atoms in total. The van der Waals surface area contributed by atoms with E-state index in [1.54, 1.807) is 19.2 Å². The summed E-state index contributed by atoms with van der Waals surface area (Å²) in [5.41, 5.74) is 1.60. The smallest absolute Gasteiger partial charge is 0.377 e. The van der Waals surface area contributed by atoms with Crippen molar-refractivity contribution in [2.24, 2.45) is 0 Å². The fourth-order valence-electron chi connectivity index (χ4n) is 1.50. The average molecular weight is 204 g/mol. The van der Waals surface area contributed by atoms with Gasteiger partial charge in [-0.25, -0.2) is 4.79 Å². The molecular formula is C10H8N2O3. The molecule has 0 radical (unpaired) electrons. The van der Waals surface area contributed by atoms with Gasteiger partial charge in [0.25, 0.3) is 5.78 Å². The molecule has 0 spiro atoms. The van der Waals surface area contributed by atoms with E-state index >= 15 is 0 Å². The van der Waals surface area contributed by atoms with Crippen LogP contribution in [0.15, 0.2) is 18.5 Å². The molecule has 0 aromatic carbocycles. The summed E-state index contributed by atoms with van der Waals surface area (Å²) in [6.45, 7) is 1.79. The minimum atomic E-state index is -1.45. The van der Waals surface area contributed by atoms with Gasteiger partial charge in [-0.15, -0.1) is 0 Å². The third-order valence-electron chi connectivity index (χ3n) is 2.23. The van der Waals surface area contributed by atoms with E-state index < -0.39 is 11.8 Å². The molecule has 15 heavy (non-hydrogen) atoms. The molecule has 2 heterocycles. The molecule has 0 saturated carbocycles. The van der Waals surface area contributed by atoms with Crippen molar-refractivity contribution >= 4 is 22.7 Å². The Kier molecular flexibility index (Phi) is 2.00. The van der Waals surface area contributed by atoms with Gasteiger partial charge in [-0.05, 0) is 13.0 Å². The molecule has 0 aliphatic heterocycles. The number of H-pyrrole nitrogens is 1. The highest BCUT2D eigenvalue weighted by atomic mass is 16.4. The molecule has 0 amide bonds. The summed E-state index contributed by atoms with van der Waals surface area (Å²) in [6.07, 6.45) is 2.94. The summed E-state index contributed by atoms with van der Waals surface area (Å²) in [5.74, 6) is -2.36. The van der Waals surface area contributed by atoms with Crippen LogP contribution >= 0.6 is 0 Å². The second-order valence-corrected chi connectivity index (χ2v) is 3.16. The third kappa shape index (κ3) is 1.38. The number of carboxylic acids is 1. The summed E-state index contributed by atoms with van der Waals surface area (Å²) < 4.78 is 0. The Morgan fingerprint density at radius 1 is 1.47 bits per heavy atom. The van der Waals surface area contributed by atoms with E-state index in [1.165, 1.54) is 6.20 Å². The van der Waals surface area contributed by atoms with Crippen molar-refractivity contribution in [1.29, 1.82) is 0 Å². The number of carboxylic acid groups (broad SMARTS) is 1. The number of aliphatic carboxylic acids is 1. The zero-order valence-electron chi connectivity index (χ0n) is 7.94. The first-order valence-corrected chi connectivity index (χ1v) is 4.31. The number of aromatic amines is 1. The van der Waals surface area contributed by atoms with Crippen molar-refractivity contribution in [3.05, 3.63) is 29.7 Å². The molecule has 0 saturated heterocycles. The van der Waals surface area contributed by atoms with Crippen molar-refractivity contribution in [2.75, 3.05) is 0 Å². The summed E-state index contributed by atoms with van der Waals surface area (Å²) in [7, 11) is 0. The van der Waals surface area contributed by atoms with Crippen LogP contribution < -0.4 is 0 Å². The molecule has 0 aliphatic carbocycles. The van der Waals surface area contributed by atoms with Gasteiger partial charge in [0.05, 0.1) is 16.8 Å². The number of nitrogens with zero attached hydrogens (tertiary/aromatic N) is 1. The number of carbonyl (C=O) groups is 2. The Labute approximate surface area is 84.8 Å². The van der Waals surface area contributed by atoms with Crippen LogP contribution in [0.4, 0.5) is 0 Å². The van der Waals surface area contributed by atoms with E-state index in [0.717, 1.165) is 5.69 Å². The van der Waals surface area contributed by atoms with Gasteiger partial charge in [-0.1, -0.05) is 0 Å². The molecule has 0 fully saturated rings. The quantitative estimate of drug-likeness (QED) is 0.567. The molecule has 0 atom stereocenters. The number of ketones is 1. The Bertz CT molecular complexity index is 557. The number of aromatic nitrogens is 2. The highest BCUT2D eigenvalue weighted by Gasteiger charge is 2.19. The monoisotopic (exact) mass is 204 g/mol. The molecule has 0 bridgehead atoms. The van der Waals surface area contributed by atoms with Crippen LogP contribution in [-0.4, -0.2) is 26.8 Å². The number of carbonyl (C=O) groups excluding carboxylic acids is 1. The Morgan fingerprint density at radius 3 is 2.87 bits per heavy atom. The van der Waals surface area contributed by atoms with Gasteiger partial charge in [0.1, 0.15) is 0 Å². The molecule has 0 aliphatic rings. The number of rotatable bonds is 2. The Balaban J connectivity index is 2.69. The Hall–Kier alpha value is -2.17. The van der Waals surface area contributed by atoms with E-state index in [2.05, 4.69) is 9.97 Å². The standard InChI is InChI=1S/C10H8N2O3/c1-5-8-6(2-3-11-5)7(4-12-8)9(13)10(14)15/h2-4,12H,1H3,(H,14,15). The van der Waals surface area contributed by atoms with Crippen molar-refractivity contribution in [3.63, 3.8) is 0 Å². The lowest BCUT2D eigenvalue weighted by molar-refractivity contribution is -0.131. The van der Waals surface area contributed by atoms with Crippen LogP contribution in [0.3, 0.4) is 0 Å². The first-order chi connectivity index (χ1) is 7.11. The summed E-state index contributed by atoms with van der Waals surface area (Å²) in [5, 5.41) is 9.20. The maximum atomic E-state index is 11.3. The number of fused-ring (bicyclic) bond motifs is 1. The second kappa shape index (κ2) is 3.20. The average Bonchev–Trinajstić information content (AvgIpc) is 2.61. The van der Waals surface area contributed by atoms with Crippen LogP contribution in [0, 0.1) is 6.92 Å². The van der Waals surface area contributed by atoms with Gasteiger partial charge in [-0.3, -0.25) is 9.78 Å². The van der Waals surface area contributed by atoms with Crippen molar-refractivity contribution in [3.8, 4) is 0 Å². The number of pyridine rings is 1. The lowest BCUT2D eigenvalue weighted by Gasteiger charge is -1.95. The van der Waals surface area contributed by atoms with Crippen LogP contribution in [-0.2, 0) is 4.79 Å². The van der Waals surface area contributed by atoms with Crippen molar-refractivity contribution in [2.45, 2.75) is 6.92 Å². The van der Waals surface area contributed by atoms with E-state index in [4.69, 9.17) is 5.11 Å². The number of nitrogens with one attached hydrogen (secondary N) is 1. The van der Waals surface area contributed by atoms with Gasteiger partial charge in [-0.2, -0.15) is 0 Å². The van der Waals surface area contributed by atoms with Crippen LogP contribution in [0.2, 0.25) is 0 Å². The molecule has 2 N–H and O–H groups in total. The normalized spacial score (nSPS) is 10.5. The van der Waals surface area contributed by atoms with Gasteiger partial charge < -0.3 is 10.1 Å². The SMILES string of the molecule is Cc1nccc2c(C(=O)C(=O)O)c[nH]c12. The maximum absolute atomic E-state index is 11.3. The second-order valence-electron chi connectivity index (χ2n) is 3.16. The van der Waals surface area contributed by atoms with E-state index in [0.29, 0.717) is 10.9 Å². The number of hydrogen-bond donors (Lipinski definition) is 2. The lowest BCUT2D eigenvalue weighted by atomic mass is 10.1. The predicted octanol–water partition coefficient (Wildman–Crippen LogP) is 1.14. The number of Topliss-reactive ketones (excluding diaryl/α,β-unsaturated/α-hetero) is 1. The summed E-state index contributed by atoms with van der Waals surface area (Å²) in [4.78, 5) is 28.7. The van der Waals surface area contributed by atoms with E-state index in [9.17, 15) is 9.59 Å². The maximum Gasteiger partial charge on any atom is 0.377 e. The summed E-state index contributed by atoms with van der Waals surface area (Å²) >= 11 is 0. The molecule has 2 aromatic heterocycles. The molecule has 0 unspecified atom stereocenters. The molecule has 5 heteroatoms. The van der Waals surface area contributed by atoms with Gasteiger partial charge in [0, 0.05) is 17.8 Å². The van der Waals surface area contributed by atoms with Crippen LogP contribution in [0.25, 0.3) is 10.9 Å². The highest BCUT2D eigenvalue weighted by Crippen LogP contribution is 2.19. The van der Waals surface area contributed by atoms with Crippen LogP contribution in [0.5, 0.6) is 0 Å². The van der Waals surface area contributed by atoms with Gasteiger partial charge in [0.2, 0.25) is 0 Å². The highest BCUT2D eigenvalue weighted by molar-refractivity contribution is 6.42. The van der Waals surface area contributed by atoms with Crippen LogP contribution in [0.1, 0.15) is 16.1 Å². The first kappa shape index (κ1) is 9.39. The third-order valence-corrected chi connectivity index (χ3v) is 2.23. The zero-order chi connectivity index (χ0) is 11.0. The fraction of sp³-hybridized carbons (Fsp3) is 0.100. The predicted molar refractivity (Wildman–Crippen MR) is 52.8 cm³/mol. The number of hydrogen-bond acceptors (Lipinski definition) is 3. The number of aryl methyl sites for hydroxylation is 1. The van der Waals surface area contributed by atoms with Gasteiger partial charge >= 0.3 is 5.97 Å². The summed E-state index contributed by atoms with van der Waals surface area (Å²) in [6, 6.07) is 1.62. The topological polar surface area (TPSA) is 83.1 Å². The van der Waals surface area contributed by atoms with Gasteiger partial charge in [0.15, 0.2) is 0 Å². The van der Waals surface area contributed by atoms with E-state index in [-0.39, 0.29) is 5.56 Å². The molecule has 2 rings (SSSR count). The lowest BCUT2D eigenvalue weighted by Crippen LogP contribution is -2.11. The fourth-order valence-corrected chi connectivity index (χ4v) is 1.50. The minimum Gasteiger partial charge on any atom is -0.475 e. The molecule has 76 valence electrons. The van der Waals surface area contributed by atoms with Crippen molar-refractivity contribution < 1.29 is 14.7 Å². The minimum absolute atomic E-state index is 0.169. The van der Waals surface area contributed by atoms with E-state index in [1.807, 2.05) is 0 Å². The zero-order valence-corrected chi connectivity index (χ0v) is 7.94. The largest absolute Gasteiger partial charge is 0.475 e.